The summed E-state index contributed by atoms with van der Waals surface area (Å²) in [6, 6.07) is 0.321. The molecule has 0 aromatic carbocycles. The number of aromatic nitrogens is 4. The van der Waals surface area contributed by atoms with E-state index < -0.39 is 0 Å². The van der Waals surface area contributed by atoms with Crippen molar-refractivity contribution in [1.82, 2.24) is 19.7 Å². The molecule has 6 heteroatoms. The predicted molar refractivity (Wildman–Crippen MR) is 67.4 cm³/mol. The molecule has 2 rings (SSSR count). The van der Waals surface area contributed by atoms with Gasteiger partial charge in [0.05, 0.1) is 16.0 Å². The van der Waals surface area contributed by atoms with Gasteiger partial charge in [-0.1, -0.05) is 0 Å². The Kier molecular flexibility index (Phi) is 3.37. The SMILES string of the molecule is CC(C)n1cc(Oc2ncncc2I)cn1. The van der Waals surface area contributed by atoms with E-state index in [4.69, 9.17) is 4.74 Å². The van der Waals surface area contributed by atoms with Crippen molar-refractivity contribution in [3.63, 3.8) is 0 Å². The van der Waals surface area contributed by atoms with Crippen LogP contribution in [-0.4, -0.2) is 19.7 Å². The van der Waals surface area contributed by atoms with Gasteiger partial charge in [-0.25, -0.2) is 9.97 Å². The van der Waals surface area contributed by atoms with Gasteiger partial charge in [0.1, 0.15) is 6.33 Å². The normalized spacial score (nSPS) is 10.8. The van der Waals surface area contributed by atoms with Crippen LogP contribution in [0.1, 0.15) is 19.9 Å². The summed E-state index contributed by atoms with van der Waals surface area (Å²) in [5.74, 6) is 1.24. The Balaban J connectivity index is 2.18. The van der Waals surface area contributed by atoms with Crippen molar-refractivity contribution in [2.24, 2.45) is 0 Å². The molecule has 0 aliphatic rings. The fraction of sp³-hybridized carbons (Fsp3) is 0.300. The summed E-state index contributed by atoms with van der Waals surface area (Å²) >= 11 is 2.13. The second kappa shape index (κ2) is 4.77. The first-order chi connectivity index (χ1) is 7.66. The van der Waals surface area contributed by atoms with E-state index in [0.717, 1.165) is 3.57 Å². The molecule has 0 N–H and O–H groups in total. The molecule has 84 valence electrons. The van der Waals surface area contributed by atoms with E-state index in [1.54, 1.807) is 12.4 Å². The Morgan fingerprint density at radius 2 is 2.19 bits per heavy atom. The van der Waals surface area contributed by atoms with Crippen LogP contribution in [0.3, 0.4) is 0 Å². The molecule has 0 spiro atoms. The van der Waals surface area contributed by atoms with Crippen molar-refractivity contribution in [3.05, 3.63) is 28.5 Å². The van der Waals surface area contributed by atoms with Crippen molar-refractivity contribution >= 4 is 22.6 Å². The van der Waals surface area contributed by atoms with Gasteiger partial charge in [0.2, 0.25) is 5.88 Å². The topological polar surface area (TPSA) is 52.8 Å². The third kappa shape index (κ3) is 2.49. The van der Waals surface area contributed by atoms with Crippen LogP contribution in [0.15, 0.2) is 24.9 Å². The summed E-state index contributed by atoms with van der Waals surface area (Å²) in [5, 5.41) is 4.19. The third-order valence-corrected chi connectivity index (χ3v) is 2.70. The van der Waals surface area contributed by atoms with Gasteiger partial charge in [-0.2, -0.15) is 5.10 Å². The molecular weight excluding hydrogens is 319 g/mol. The van der Waals surface area contributed by atoms with Crippen LogP contribution >= 0.6 is 22.6 Å². The molecule has 0 saturated carbocycles. The highest BCUT2D eigenvalue weighted by Gasteiger charge is 2.07. The van der Waals surface area contributed by atoms with Gasteiger partial charge in [-0.3, -0.25) is 4.68 Å². The number of ether oxygens (including phenoxy) is 1. The van der Waals surface area contributed by atoms with Gasteiger partial charge in [0.25, 0.3) is 0 Å². The van der Waals surface area contributed by atoms with E-state index in [1.165, 1.54) is 6.33 Å². The molecule has 2 aromatic heterocycles. The molecule has 2 heterocycles. The monoisotopic (exact) mass is 330 g/mol. The Morgan fingerprint density at radius 1 is 1.38 bits per heavy atom. The summed E-state index contributed by atoms with van der Waals surface area (Å²) in [6.45, 7) is 4.12. The molecule has 0 bridgehead atoms. The minimum Gasteiger partial charge on any atom is -0.435 e. The number of hydrogen-bond donors (Lipinski definition) is 0. The van der Waals surface area contributed by atoms with Gasteiger partial charge < -0.3 is 4.74 Å². The Morgan fingerprint density at radius 3 is 2.81 bits per heavy atom. The highest BCUT2D eigenvalue weighted by Crippen LogP contribution is 2.23. The average Bonchev–Trinajstić information content (AvgIpc) is 2.70. The van der Waals surface area contributed by atoms with Crippen LogP contribution < -0.4 is 4.74 Å². The largest absolute Gasteiger partial charge is 0.435 e. The first-order valence-corrected chi connectivity index (χ1v) is 5.92. The van der Waals surface area contributed by atoms with E-state index in [2.05, 4.69) is 51.5 Å². The smallest absolute Gasteiger partial charge is 0.235 e. The number of nitrogens with zero attached hydrogens (tertiary/aromatic N) is 4. The van der Waals surface area contributed by atoms with Crippen molar-refractivity contribution in [1.29, 1.82) is 0 Å². The summed E-state index contributed by atoms with van der Waals surface area (Å²) in [4.78, 5) is 7.95. The average molecular weight is 330 g/mol. The lowest BCUT2D eigenvalue weighted by atomic mass is 10.4. The molecule has 0 radical (unpaired) electrons. The first kappa shape index (κ1) is 11.3. The Hall–Kier alpha value is -1.18. The van der Waals surface area contributed by atoms with Gasteiger partial charge in [-0.15, -0.1) is 0 Å². The number of hydrogen-bond acceptors (Lipinski definition) is 4. The van der Waals surface area contributed by atoms with Crippen molar-refractivity contribution < 1.29 is 4.74 Å². The maximum absolute atomic E-state index is 5.60. The second-order valence-corrected chi connectivity index (χ2v) is 4.69. The fourth-order valence-electron chi connectivity index (χ4n) is 1.14. The second-order valence-electron chi connectivity index (χ2n) is 3.53. The van der Waals surface area contributed by atoms with Gasteiger partial charge in [-0.05, 0) is 36.4 Å². The van der Waals surface area contributed by atoms with E-state index in [1.807, 2.05) is 10.9 Å². The molecule has 0 fully saturated rings. The van der Waals surface area contributed by atoms with Gasteiger partial charge in [0.15, 0.2) is 5.75 Å². The molecule has 16 heavy (non-hydrogen) atoms. The summed E-state index contributed by atoms with van der Waals surface area (Å²) in [6.07, 6.45) is 6.70. The zero-order chi connectivity index (χ0) is 11.5. The zero-order valence-corrected chi connectivity index (χ0v) is 11.1. The molecule has 0 unspecified atom stereocenters. The summed E-state index contributed by atoms with van der Waals surface area (Å²) < 4.78 is 8.31. The van der Waals surface area contributed by atoms with Crippen LogP contribution in [0.2, 0.25) is 0 Å². The molecule has 0 atom stereocenters. The van der Waals surface area contributed by atoms with Crippen LogP contribution in [0, 0.1) is 3.57 Å². The molecule has 0 aliphatic heterocycles. The molecule has 5 nitrogen and oxygen atoms in total. The van der Waals surface area contributed by atoms with Crippen LogP contribution in [0.5, 0.6) is 11.6 Å². The predicted octanol–water partition coefficient (Wildman–Crippen LogP) is 2.65. The fourth-order valence-corrected chi connectivity index (χ4v) is 1.55. The zero-order valence-electron chi connectivity index (χ0n) is 8.96. The Bertz CT molecular complexity index is 483. The molecule has 0 saturated heterocycles. The lowest BCUT2D eigenvalue weighted by molar-refractivity contribution is 0.454. The minimum atomic E-state index is 0.321. The van der Waals surface area contributed by atoms with Crippen molar-refractivity contribution in [3.8, 4) is 11.6 Å². The molecule has 2 aromatic rings. The lowest BCUT2D eigenvalue weighted by Crippen LogP contribution is -1.99. The van der Waals surface area contributed by atoms with E-state index in [9.17, 15) is 0 Å². The quantitative estimate of drug-likeness (QED) is 0.812. The summed E-state index contributed by atoms with van der Waals surface area (Å²) in [5.41, 5.74) is 0. The van der Waals surface area contributed by atoms with Gasteiger partial charge in [0, 0.05) is 12.2 Å². The summed E-state index contributed by atoms with van der Waals surface area (Å²) in [7, 11) is 0. The van der Waals surface area contributed by atoms with Crippen LogP contribution in [0.25, 0.3) is 0 Å². The lowest BCUT2D eigenvalue weighted by Gasteiger charge is -2.04. The maximum atomic E-state index is 5.60. The van der Waals surface area contributed by atoms with E-state index in [-0.39, 0.29) is 0 Å². The van der Waals surface area contributed by atoms with Crippen molar-refractivity contribution in [2.45, 2.75) is 19.9 Å². The minimum absolute atomic E-state index is 0.321. The van der Waals surface area contributed by atoms with Crippen LogP contribution in [-0.2, 0) is 0 Å². The molecule has 0 amide bonds. The molecule has 0 aliphatic carbocycles. The number of halogens is 1. The maximum Gasteiger partial charge on any atom is 0.235 e. The Labute approximate surface area is 107 Å². The van der Waals surface area contributed by atoms with Crippen molar-refractivity contribution in [2.75, 3.05) is 0 Å². The standard InChI is InChI=1S/C10H11IN4O/c1-7(2)15-5-8(3-14-15)16-10-9(11)4-12-6-13-10/h3-7H,1-2H3. The molecular formula is C10H11IN4O. The van der Waals surface area contributed by atoms with E-state index >= 15 is 0 Å². The van der Waals surface area contributed by atoms with Gasteiger partial charge >= 0.3 is 0 Å². The third-order valence-electron chi connectivity index (χ3n) is 1.96. The highest BCUT2D eigenvalue weighted by molar-refractivity contribution is 14.1. The highest BCUT2D eigenvalue weighted by atomic mass is 127. The number of rotatable bonds is 3. The van der Waals surface area contributed by atoms with Crippen LogP contribution in [0.4, 0.5) is 0 Å². The van der Waals surface area contributed by atoms with E-state index in [0.29, 0.717) is 17.7 Å². The first-order valence-electron chi connectivity index (χ1n) is 4.84.